The predicted molar refractivity (Wildman–Crippen MR) is 140 cm³/mol. The van der Waals surface area contributed by atoms with Crippen LogP contribution in [0.1, 0.15) is 25.8 Å². The molecule has 3 aromatic carbocycles. The van der Waals surface area contributed by atoms with Crippen molar-refractivity contribution in [1.29, 1.82) is 0 Å². The number of hydrogen-bond acceptors (Lipinski definition) is 4. The van der Waals surface area contributed by atoms with E-state index in [0.29, 0.717) is 17.3 Å². The van der Waals surface area contributed by atoms with Gasteiger partial charge >= 0.3 is 6.03 Å². The predicted octanol–water partition coefficient (Wildman–Crippen LogP) is 5.28. The van der Waals surface area contributed by atoms with Gasteiger partial charge in [-0.2, -0.15) is 0 Å². The van der Waals surface area contributed by atoms with Crippen LogP contribution in [0.2, 0.25) is 0 Å². The molecule has 0 radical (unpaired) electrons. The standard InChI is InChI=1S/C30H29N3O3/c1-20-17-21(2)26-30(18-22-11-9-10-16-25(22)31(26)19-20)27(34)32(23-12-5-3-6-13-23)29(36)33(28(30)35)24-14-7-4-8-15-24/h3-16,20-21,26H,17-19H2,1-2H3. The van der Waals surface area contributed by atoms with Gasteiger partial charge < -0.3 is 4.90 Å². The molecule has 3 aliphatic rings. The van der Waals surface area contributed by atoms with Crippen molar-refractivity contribution >= 4 is 34.9 Å². The summed E-state index contributed by atoms with van der Waals surface area (Å²) in [6, 6.07) is 25.0. The highest BCUT2D eigenvalue weighted by atomic mass is 16.2. The third-order valence-corrected chi connectivity index (χ3v) is 8.01. The molecule has 0 bridgehead atoms. The number of piperidine rings is 1. The second-order valence-electron chi connectivity index (χ2n) is 10.4. The third-order valence-electron chi connectivity index (χ3n) is 8.01. The molecule has 3 heterocycles. The van der Waals surface area contributed by atoms with Crippen molar-refractivity contribution in [2.45, 2.75) is 32.7 Å². The summed E-state index contributed by atoms with van der Waals surface area (Å²) >= 11 is 0. The first kappa shape index (κ1) is 22.5. The van der Waals surface area contributed by atoms with Crippen LogP contribution in [0, 0.1) is 17.3 Å². The lowest BCUT2D eigenvalue weighted by atomic mass is 9.62. The van der Waals surface area contributed by atoms with Gasteiger partial charge in [-0.15, -0.1) is 0 Å². The number of carbonyl (C=O) groups excluding carboxylic acids is 3. The monoisotopic (exact) mass is 479 g/mol. The van der Waals surface area contributed by atoms with Crippen molar-refractivity contribution in [1.82, 2.24) is 0 Å². The topological polar surface area (TPSA) is 60.9 Å². The molecule has 36 heavy (non-hydrogen) atoms. The zero-order valence-electron chi connectivity index (χ0n) is 20.5. The highest BCUT2D eigenvalue weighted by Crippen LogP contribution is 2.52. The maximum absolute atomic E-state index is 14.6. The third kappa shape index (κ3) is 3.13. The maximum Gasteiger partial charge on any atom is 0.342 e. The molecule has 3 aliphatic heterocycles. The number of fused-ring (bicyclic) bond motifs is 4. The Hall–Kier alpha value is -3.93. The zero-order chi connectivity index (χ0) is 25.0. The fraction of sp³-hybridized carbons (Fsp3) is 0.300. The molecular weight excluding hydrogens is 450 g/mol. The SMILES string of the molecule is CC1CC(C)C2N(C1)c1ccccc1CC21C(=O)N(c2ccccc2)C(=O)N(c2ccccc2)C1=O. The van der Waals surface area contributed by atoms with Gasteiger partial charge in [-0.05, 0) is 60.6 Å². The number of nitrogens with zero attached hydrogens (tertiary/aromatic N) is 3. The highest BCUT2D eigenvalue weighted by Gasteiger charge is 2.66. The number of para-hydroxylation sites is 3. The quantitative estimate of drug-likeness (QED) is 0.469. The molecule has 2 saturated heterocycles. The van der Waals surface area contributed by atoms with Gasteiger partial charge in [-0.25, -0.2) is 14.6 Å². The molecule has 3 unspecified atom stereocenters. The molecule has 2 fully saturated rings. The summed E-state index contributed by atoms with van der Waals surface area (Å²) in [6.45, 7) is 5.12. The van der Waals surface area contributed by atoms with Gasteiger partial charge in [0.15, 0.2) is 5.41 Å². The largest absolute Gasteiger partial charge is 0.366 e. The number of imide groups is 2. The first-order valence-electron chi connectivity index (χ1n) is 12.6. The first-order valence-corrected chi connectivity index (χ1v) is 12.6. The van der Waals surface area contributed by atoms with E-state index in [2.05, 4.69) is 24.8 Å². The molecule has 1 spiro atoms. The van der Waals surface area contributed by atoms with Crippen LogP contribution in [0.15, 0.2) is 84.9 Å². The maximum atomic E-state index is 14.6. The molecule has 4 amide bonds. The van der Waals surface area contributed by atoms with E-state index < -0.39 is 23.3 Å². The average molecular weight is 480 g/mol. The van der Waals surface area contributed by atoms with Crippen LogP contribution >= 0.6 is 0 Å². The summed E-state index contributed by atoms with van der Waals surface area (Å²) in [6.07, 6.45) is 1.18. The molecule has 3 atom stereocenters. The molecule has 0 saturated carbocycles. The van der Waals surface area contributed by atoms with Gasteiger partial charge in [-0.3, -0.25) is 9.59 Å². The van der Waals surface area contributed by atoms with Gasteiger partial charge in [0.2, 0.25) is 0 Å². The number of carbonyl (C=O) groups is 3. The van der Waals surface area contributed by atoms with Gasteiger partial charge in [0.25, 0.3) is 11.8 Å². The van der Waals surface area contributed by atoms with Crippen molar-refractivity contribution in [3.63, 3.8) is 0 Å². The van der Waals surface area contributed by atoms with Crippen molar-refractivity contribution in [3.05, 3.63) is 90.5 Å². The Bertz CT molecular complexity index is 1280. The first-order chi connectivity index (χ1) is 17.4. The lowest BCUT2D eigenvalue weighted by molar-refractivity contribution is -0.144. The fourth-order valence-corrected chi connectivity index (χ4v) is 6.72. The van der Waals surface area contributed by atoms with Crippen molar-refractivity contribution in [3.8, 4) is 0 Å². The Morgan fingerprint density at radius 1 is 0.722 bits per heavy atom. The Labute approximate surface area is 211 Å². The zero-order valence-corrected chi connectivity index (χ0v) is 20.5. The molecule has 0 aliphatic carbocycles. The smallest absolute Gasteiger partial charge is 0.342 e. The van der Waals surface area contributed by atoms with Crippen LogP contribution in [-0.2, 0) is 16.0 Å². The summed E-state index contributed by atoms with van der Waals surface area (Å²) in [7, 11) is 0. The van der Waals surface area contributed by atoms with Crippen molar-refractivity contribution < 1.29 is 14.4 Å². The van der Waals surface area contributed by atoms with Crippen LogP contribution in [0.4, 0.5) is 21.9 Å². The summed E-state index contributed by atoms with van der Waals surface area (Å²) < 4.78 is 0. The second kappa shape index (κ2) is 8.33. The van der Waals surface area contributed by atoms with E-state index in [-0.39, 0.29) is 18.4 Å². The van der Waals surface area contributed by atoms with E-state index in [0.717, 1.165) is 24.2 Å². The second-order valence-corrected chi connectivity index (χ2v) is 10.4. The fourth-order valence-electron chi connectivity index (χ4n) is 6.72. The molecular formula is C30H29N3O3. The Balaban J connectivity index is 1.61. The molecule has 6 nitrogen and oxygen atoms in total. The number of hydrogen-bond donors (Lipinski definition) is 0. The van der Waals surface area contributed by atoms with E-state index in [9.17, 15) is 14.4 Å². The van der Waals surface area contributed by atoms with Crippen LogP contribution in [0.5, 0.6) is 0 Å². The van der Waals surface area contributed by atoms with Crippen molar-refractivity contribution in [2.24, 2.45) is 17.3 Å². The van der Waals surface area contributed by atoms with E-state index in [1.807, 2.05) is 30.3 Å². The average Bonchev–Trinajstić information content (AvgIpc) is 2.88. The number of barbiturate groups is 1. The van der Waals surface area contributed by atoms with Crippen molar-refractivity contribution in [2.75, 3.05) is 21.2 Å². The number of rotatable bonds is 2. The van der Waals surface area contributed by atoms with Crippen LogP contribution in [0.25, 0.3) is 0 Å². The number of benzene rings is 3. The van der Waals surface area contributed by atoms with E-state index in [1.165, 1.54) is 9.80 Å². The van der Waals surface area contributed by atoms with Crippen LogP contribution < -0.4 is 14.7 Å². The Kier molecular flexibility index (Phi) is 5.21. The highest BCUT2D eigenvalue weighted by molar-refractivity contribution is 6.39. The molecule has 182 valence electrons. The minimum absolute atomic E-state index is 0.0819. The minimum Gasteiger partial charge on any atom is -0.366 e. The normalized spacial score (nSPS) is 25.1. The minimum atomic E-state index is -1.42. The number of urea groups is 1. The number of amides is 4. The van der Waals surface area contributed by atoms with Gasteiger partial charge in [0.05, 0.1) is 17.4 Å². The lowest BCUT2D eigenvalue weighted by Gasteiger charge is -2.58. The van der Waals surface area contributed by atoms with Gasteiger partial charge in [0.1, 0.15) is 0 Å². The lowest BCUT2D eigenvalue weighted by Crippen LogP contribution is -2.75. The summed E-state index contributed by atoms with van der Waals surface area (Å²) in [5, 5.41) is 0. The van der Waals surface area contributed by atoms with E-state index >= 15 is 0 Å². The summed E-state index contributed by atoms with van der Waals surface area (Å²) in [5.41, 5.74) is 1.58. The van der Waals surface area contributed by atoms with Crippen LogP contribution in [0.3, 0.4) is 0 Å². The Morgan fingerprint density at radius 3 is 1.83 bits per heavy atom. The van der Waals surface area contributed by atoms with Crippen LogP contribution in [-0.4, -0.2) is 30.4 Å². The molecule has 6 rings (SSSR count). The summed E-state index contributed by atoms with van der Waals surface area (Å²) in [5.74, 6) is -0.354. The number of anilines is 3. The molecule has 0 aromatic heterocycles. The summed E-state index contributed by atoms with van der Waals surface area (Å²) in [4.78, 5) is 47.9. The van der Waals surface area contributed by atoms with E-state index in [4.69, 9.17) is 0 Å². The Morgan fingerprint density at radius 2 is 1.25 bits per heavy atom. The molecule has 6 heteroatoms. The molecule has 0 N–H and O–H groups in total. The molecule has 3 aromatic rings. The van der Waals surface area contributed by atoms with Gasteiger partial charge in [-0.1, -0.05) is 68.4 Å². The van der Waals surface area contributed by atoms with Gasteiger partial charge in [0, 0.05) is 12.2 Å². The van der Waals surface area contributed by atoms with E-state index in [1.54, 1.807) is 48.5 Å².